The molecule has 2 saturated heterocycles. The van der Waals surface area contributed by atoms with E-state index in [-0.39, 0.29) is 0 Å². The molecular weight excluding hydrogens is 166 g/mol. The van der Waals surface area contributed by atoms with Crippen LogP contribution in [0.3, 0.4) is 0 Å². The summed E-state index contributed by atoms with van der Waals surface area (Å²) in [6.07, 6.45) is 5.57. The van der Waals surface area contributed by atoms with Crippen molar-refractivity contribution < 1.29 is 9.47 Å². The number of piperidine rings is 1. The Morgan fingerprint density at radius 3 is 2.77 bits per heavy atom. The molecule has 2 heterocycles. The maximum atomic E-state index is 5.80. The predicted octanol–water partition coefficient (Wildman–Crippen LogP) is 0.934. The SMILES string of the molecule is C1CO[C@H](COC2CCNCC2)C1. The molecule has 13 heavy (non-hydrogen) atoms. The van der Waals surface area contributed by atoms with Crippen molar-refractivity contribution in [2.24, 2.45) is 0 Å². The van der Waals surface area contributed by atoms with Crippen molar-refractivity contribution in [1.29, 1.82) is 0 Å². The summed E-state index contributed by atoms with van der Waals surface area (Å²) in [4.78, 5) is 0. The maximum Gasteiger partial charge on any atom is 0.0809 e. The van der Waals surface area contributed by atoms with Crippen LogP contribution >= 0.6 is 0 Å². The Labute approximate surface area is 79.8 Å². The summed E-state index contributed by atoms with van der Waals surface area (Å²) in [5.74, 6) is 0. The van der Waals surface area contributed by atoms with Gasteiger partial charge in [0.05, 0.1) is 18.8 Å². The van der Waals surface area contributed by atoms with E-state index in [4.69, 9.17) is 9.47 Å². The third-order valence-corrected chi connectivity index (χ3v) is 2.83. The molecule has 0 amide bonds. The van der Waals surface area contributed by atoms with Crippen LogP contribution in [-0.4, -0.2) is 38.5 Å². The van der Waals surface area contributed by atoms with Crippen molar-refractivity contribution in [2.45, 2.75) is 37.9 Å². The summed E-state index contributed by atoms with van der Waals surface area (Å²) >= 11 is 0. The van der Waals surface area contributed by atoms with E-state index in [0.29, 0.717) is 12.2 Å². The second kappa shape index (κ2) is 4.94. The lowest BCUT2D eigenvalue weighted by Gasteiger charge is -2.24. The van der Waals surface area contributed by atoms with E-state index in [1.807, 2.05) is 0 Å². The van der Waals surface area contributed by atoms with Crippen LogP contribution in [0.4, 0.5) is 0 Å². The first-order chi connectivity index (χ1) is 6.45. The van der Waals surface area contributed by atoms with Crippen molar-refractivity contribution in [3.8, 4) is 0 Å². The van der Waals surface area contributed by atoms with Gasteiger partial charge in [0.25, 0.3) is 0 Å². The van der Waals surface area contributed by atoms with E-state index < -0.39 is 0 Å². The van der Waals surface area contributed by atoms with Crippen LogP contribution in [0.5, 0.6) is 0 Å². The quantitative estimate of drug-likeness (QED) is 0.709. The largest absolute Gasteiger partial charge is 0.376 e. The zero-order chi connectivity index (χ0) is 8.93. The number of ether oxygens (including phenoxy) is 2. The summed E-state index contributed by atoms with van der Waals surface area (Å²) < 4.78 is 11.3. The van der Waals surface area contributed by atoms with Gasteiger partial charge in [0.1, 0.15) is 0 Å². The number of nitrogens with one attached hydrogen (secondary N) is 1. The van der Waals surface area contributed by atoms with Crippen molar-refractivity contribution in [3.63, 3.8) is 0 Å². The Kier molecular flexibility index (Phi) is 3.58. The fourth-order valence-corrected chi connectivity index (χ4v) is 1.98. The molecular formula is C10H19NO2. The standard InChI is InChI=1S/C10H19NO2/c1-2-10(12-7-1)8-13-9-3-5-11-6-4-9/h9-11H,1-8H2/t10-/m0/s1. The molecule has 1 atom stereocenters. The van der Waals surface area contributed by atoms with Gasteiger partial charge in [0.15, 0.2) is 0 Å². The highest BCUT2D eigenvalue weighted by Crippen LogP contribution is 2.15. The minimum Gasteiger partial charge on any atom is -0.376 e. The fourth-order valence-electron chi connectivity index (χ4n) is 1.98. The summed E-state index contributed by atoms with van der Waals surface area (Å²) in [5, 5.41) is 3.33. The third kappa shape index (κ3) is 2.93. The zero-order valence-electron chi connectivity index (χ0n) is 8.13. The first kappa shape index (κ1) is 9.44. The van der Waals surface area contributed by atoms with Crippen molar-refractivity contribution in [3.05, 3.63) is 0 Å². The highest BCUT2D eigenvalue weighted by atomic mass is 16.5. The van der Waals surface area contributed by atoms with Gasteiger partial charge in [0, 0.05) is 6.61 Å². The zero-order valence-corrected chi connectivity index (χ0v) is 8.13. The van der Waals surface area contributed by atoms with Crippen LogP contribution in [0.2, 0.25) is 0 Å². The second-order valence-electron chi connectivity index (χ2n) is 3.92. The molecule has 0 spiro atoms. The molecule has 0 saturated carbocycles. The molecule has 0 bridgehead atoms. The molecule has 2 aliphatic heterocycles. The minimum atomic E-state index is 0.384. The Morgan fingerprint density at radius 2 is 2.08 bits per heavy atom. The molecule has 0 aromatic rings. The van der Waals surface area contributed by atoms with Crippen molar-refractivity contribution in [2.75, 3.05) is 26.3 Å². The molecule has 3 heteroatoms. The molecule has 0 unspecified atom stereocenters. The summed E-state index contributed by atoms with van der Waals surface area (Å²) in [6, 6.07) is 0. The van der Waals surface area contributed by atoms with E-state index in [9.17, 15) is 0 Å². The molecule has 0 aromatic carbocycles. The van der Waals surface area contributed by atoms with Crippen molar-refractivity contribution >= 4 is 0 Å². The Hall–Kier alpha value is -0.120. The van der Waals surface area contributed by atoms with Gasteiger partial charge in [-0.2, -0.15) is 0 Å². The lowest BCUT2D eigenvalue weighted by atomic mass is 10.1. The number of rotatable bonds is 3. The topological polar surface area (TPSA) is 30.5 Å². The fraction of sp³-hybridized carbons (Fsp3) is 1.00. The predicted molar refractivity (Wildman–Crippen MR) is 50.8 cm³/mol. The first-order valence-corrected chi connectivity index (χ1v) is 5.39. The highest BCUT2D eigenvalue weighted by Gasteiger charge is 2.19. The molecule has 2 aliphatic rings. The van der Waals surface area contributed by atoms with E-state index in [1.54, 1.807) is 0 Å². The van der Waals surface area contributed by atoms with Crippen molar-refractivity contribution in [1.82, 2.24) is 5.32 Å². The third-order valence-electron chi connectivity index (χ3n) is 2.83. The van der Waals surface area contributed by atoms with E-state index in [1.165, 1.54) is 12.8 Å². The lowest BCUT2D eigenvalue weighted by Crippen LogP contribution is -2.34. The van der Waals surface area contributed by atoms with Gasteiger partial charge in [-0.3, -0.25) is 0 Å². The van der Waals surface area contributed by atoms with Gasteiger partial charge >= 0.3 is 0 Å². The van der Waals surface area contributed by atoms with Gasteiger partial charge in [-0.1, -0.05) is 0 Å². The van der Waals surface area contributed by atoms with Crippen LogP contribution < -0.4 is 5.32 Å². The molecule has 76 valence electrons. The second-order valence-corrected chi connectivity index (χ2v) is 3.92. The van der Waals surface area contributed by atoms with E-state index in [0.717, 1.165) is 39.1 Å². The van der Waals surface area contributed by atoms with Crippen LogP contribution in [0, 0.1) is 0 Å². The van der Waals surface area contributed by atoms with Crippen LogP contribution in [0.15, 0.2) is 0 Å². The van der Waals surface area contributed by atoms with Crippen LogP contribution in [-0.2, 0) is 9.47 Å². The van der Waals surface area contributed by atoms with Gasteiger partial charge in [-0.05, 0) is 38.8 Å². The summed E-state index contributed by atoms with van der Waals surface area (Å²) in [7, 11) is 0. The summed E-state index contributed by atoms with van der Waals surface area (Å²) in [6.45, 7) is 3.96. The maximum absolute atomic E-state index is 5.80. The average molecular weight is 185 g/mol. The summed E-state index contributed by atoms with van der Waals surface area (Å²) in [5.41, 5.74) is 0. The first-order valence-electron chi connectivity index (χ1n) is 5.39. The molecule has 2 rings (SSSR count). The van der Waals surface area contributed by atoms with Crippen LogP contribution in [0.1, 0.15) is 25.7 Å². The molecule has 3 nitrogen and oxygen atoms in total. The van der Waals surface area contributed by atoms with Gasteiger partial charge < -0.3 is 14.8 Å². The monoisotopic (exact) mass is 185 g/mol. The number of hydrogen-bond donors (Lipinski definition) is 1. The average Bonchev–Trinajstić information content (AvgIpc) is 2.69. The van der Waals surface area contributed by atoms with Crippen LogP contribution in [0.25, 0.3) is 0 Å². The Balaban J connectivity index is 1.60. The van der Waals surface area contributed by atoms with E-state index >= 15 is 0 Å². The smallest absolute Gasteiger partial charge is 0.0809 e. The van der Waals surface area contributed by atoms with Gasteiger partial charge in [-0.25, -0.2) is 0 Å². The molecule has 2 fully saturated rings. The molecule has 0 aromatic heterocycles. The van der Waals surface area contributed by atoms with E-state index in [2.05, 4.69) is 5.32 Å². The number of hydrogen-bond acceptors (Lipinski definition) is 3. The molecule has 0 aliphatic carbocycles. The normalized spacial score (nSPS) is 30.9. The molecule has 0 radical (unpaired) electrons. The Bertz CT molecular complexity index is 140. The minimum absolute atomic E-state index is 0.384. The highest BCUT2D eigenvalue weighted by molar-refractivity contribution is 4.70. The lowest BCUT2D eigenvalue weighted by molar-refractivity contribution is -0.0300. The van der Waals surface area contributed by atoms with Gasteiger partial charge in [0.2, 0.25) is 0 Å². The molecule has 1 N–H and O–H groups in total. The Morgan fingerprint density at radius 1 is 1.23 bits per heavy atom. The van der Waals surface area contributed by atoms with Gasteiger partial charge in [-0.15, -0.1) is 0 Å².